The van der Waals surface area contributed by atoms with Crippen LogP contribution in [0.25, 0.3) is 10.9 Å². The Morgan fingerprint density at radius 1 is 0.972 bits per heavy atom. The summed E-state index contributed by atoms with van der Waals surface area (Å²) >= 11 is 0. The van der Waals surface area contributed by atoms with Gasteiger partial charge in [-0.2, -0.15) is 0 Å². The molecule has 1 aliphatic heterocycles. The maximum atomic E-state index is 13.9. The highest BCUT2D eigenvalue weighted by molar-refractivity contribution is 6.01. The van der Waals surface area contributed by atoms with E-state index in [4.69, 9.17) is 9.47 Å². The zero-order valence-electron chi connectivity index (χ0n) is 21.0. The van der Waals surface area contributed by atoms with Gasteiger partial charge in [0.2, 0.25) is 0 Å². The zero-order chi connectivity index (χ0) is 25.7. The predicted octanol–water partition coefficient (Wildman–Crippen LogP) is 4.45. The first kappa shape index (κ1) is 25.2. The minimum absolute atomic E-state index is 0.0467. The molecule has 0 aliphatic carbocycles. The molecule has 188 valence electrons. The van der Waals surface area contributed by atoms with Crippen molar-refractivity contribution in [2.75, 3.05) is 27.8 Å². The number of ketones is 1. The van der Waals surface area contributed by atoms with Crippen LogP contribution in [0.4, 0.5) is 0 Å². The van der Waals surface area contributed by atoms with Gasteiger partial charge < -0.3 is 18.9 Å². The number of carbonyl (C=O) groups excluding carboxylic acids is 3. The lowest BCUT2D eigenvalue weighted by Gasteiger charge is -2.36. The first-order valence-electron chi connectivity index (χ1n) is 12.1. The molecular formula is C29H32N2O5. The maximum absolute atomic E-state index is 13.9. The van der Waals surface area contributed by atoms with Crippen LogP contribution in [0.1, 0.15) is 35.3 Å². The molecule has 7 nitrogen and oxygen atoms in total. The van der Waals surface area contributed by atoms with Crippen molar-refractivity contribution in [3.8, 4) is 0 Å². The summed E-state index contributed by atoms with van der Waals surface area (Å²) in [6, 6.07) is 19.9. The molecule has 2 unspecified atom stereocenters. The van der Waals surface area contributed by atoms with Crippen LogP contribution in [0, 0.1) is 11.8 Å². The number of esters is 2. The number of hydrogen-bond donors (Lipinski definition) is 0. The molecular weight excluding hydrogens is 456 g/mol. The third-order valence-electron chi connectivity index (χ3n) is 6.90. The molecule has 4 rings (SSSR count). The van der Waals surface area contributed by atoms with Crippen LogP contribution in [-0.2, 0) is 25.6 Å². The number of hydrogen-bond acceptors (Lipinski definition) is 6. The molecule has 0 N–H and O–H groups in total. The topological polar surface area (TPSA) is 77.8 Å². The molecule has 0 spiro atoms. The molecule has 0 fully saturated rings. The Morgan fingerprint density at radius 3 is 2.42 bits per heavy atom. The molecule has 0 bridgehead atoms. The van der Waals surface area contributed by atoms with Gasteiger partial charge in [-0.25, -0.2) is 4.79 Å². The van der Waals surface area contributed by atoms with E-state index < -0.39 is 5.97 Å². The summed E-state index contributed by atoms with van der Waals surface area (Å²) in [4.78, 5) is 40.4. The molecule has 7 heteroatoms. The Hall–Kier alpha value is -3.87. The smallest absolute Gasteiger partial charge is 0.335 e. The molecule has 36 heavy (non-hydrogen) atoms. The Labute approximate surface area is 211 Å². The van der Waals surface area contributed by atoms with Crippen molar-refractivity contribution in [1.82, 2.24) is 9.47 Å². The number of methoxy groups -OCH3 is 2. The molecule has 0 amide bonds. The lowest BCUT2D eigenvalue weighted by molar-refractivity contribution is -0.141. The second-order valence-electron chi connectivity index (χ2n) is 9.28. The van der Waals surface area contributed by atoms with Crippen LogP contribution in [0.3, 0.4) is 0 Å². The number of benzene rings is 2. The van der Waals surface area contributed by atoms with Crippen molar-refractivity contribution in [3.05, 3.63) is 83.7 Å². The third-order valence-corrected chi connectivity index (χ3v) is 6.90. The average Bonchev–Trinajstić information content (AvgIpc) is 3.26. The number of nitrogens with zero attached hydrogens (tertiary/aromatic N) is 2. The second-order valence-corrected chi connectivity index (χ2v) is 9.28. The number of rotatable bonds is 9. The molecule has 2 aromatic carbocycles. The highest BCUT2D eigenvalue weighted by atomic mass is 16.5. The Morgan fingerprint density at radius 2 is 1.69 bits per heavy atom. The SMILES string of the molecule is COC(=O)CCC1CN(C)C=C(C(=O)OC)C1CC(=O)c1cc2ccccc2n1Cc1ccccc1. The third kappa shape index (κ3) is 5.51. The average molecular weight is 489 g/mol. The summed E-state index contributed by atoms with van der Waals surface area (Å²) in [5.41, 5.74) is 3.15. The van der Waals surface area contributed by atoms with Gasteiger partial charge >= 0.3 is 11.9 Å². The van der Waals surface area contributed by atoms with Gasteiger partial charge in [-0.3, -0.25) is 9.59 Å². The van der Waals surface area contributed by atoms with E-state index in [0.717, 1.165) is 16.5 Å². The molecule has 0 saturated carbocycles. The summed E-state index contributed by atoms with van der Waals surface area (Å²) in [5, 5.41) is 0.992. The Bertz CT molecular complexity index is 1280. The number of carbonyl (C=O) groups is 3. The Balaban J connectivity index is 1.68. The van der Waals surface area contributed by atoms with Crippen molar-refractivity contribution >= 4 is 28.6 Å². The van der Waals surface area contributed by atoms with Crippen molar-refractivity contribution in [2.45, 2.75) is 25.8 Å². The second kappa shape index (κ2) is 11.2. The lowest BCUT2D eigenvalue weighted by atomic mass is 9.77. The van der Waals surface area contributed by atoms with Crippen LogP contribution in [0.5, 0.6) is 0 Å². The van der Waals surface area contributed by atoms with Crippen LogP contribution in [0.2, 0.25) is 0 Å². The quantitative estimate of drug-likeness (QED) is 0.327. The Kier molecular flexibility index (Phi) is 7.88. The van der Waals surface area contributed by atoms with Gasteiger partial charge in [0.05, 0.1) is 25.5 Å². The highest BCUT2D eigenvalue weighted by Gasteiger charge is 2.36. The maximum Gasteiger partial charge on any atom is 0.335 e. The largest absolute Gasteiger partial charge is 0.469 e. The molecule has 2 heterocycles. The number of ether oxygens (including phenoxy) is 2. The van der Waals surface area contributed by atoms with E-state index in [1.165, 1.54) is 14.2 Å². The van der Waals surface area contributed by atoms with E-state index in [1.807, 2.05) is 77.2 Å². The standard InChI is InChI=1S/C29H32N2O5/c1-30-18-22(13-14-28(33)35-2)23(24(19-30)29(34)36-3)16-27(32)26-15-21-11-7-8-12-25(21)31(26)17-20-9-5-4-6-10-20/h4-12,15,19,22-23H,13-14,16-18H2,1-3H3. The van der Waals surface area contributed by atoms with Gasteiger partial charge in [0, 0.05) is 56.0 Å². The van der Waals surface area contributed by atoms with Crippen molar-refractivity contribution in [1.29, 1.82) is 0 Å². The van der Waals surface area contributed by atoms with Crippen molar-refractivity contribution in [3.63, 3.8) is 0 Å². The fourth-order valence-electron chi connectivity index (χ4n) is 5.12. The van der Waals surface area contributed by atoms with Gasteiger partial charge in [-0.15, -0.1) is 0 Å². The summed E-state index contributed by atoms with van der Waals surface area (Å²) < 4.78 is 11.9. The first-order chi connectivity index (χ1) is 17.4. The van der Waals surface area contributed by atoms with Crippen LogP contribution >= 0.6 is 0 Å². The molecule has 1 aliphatic rings. The minimum Gasteiger partial charge on any atom is -0.469 e. The van der Waals surface area contributed by atoms with Gasteiger partial charge in [0.15, 0.2) is 5.78 Å². The normalized spacial score (nSPS) is 17.5. The van der Waals surface area contributed by atoms with E-state index >= 15 is 0 Å². The van der Waals surface area contributed by atoms with Crippen molar-refractivity contribution < 1.29 is 23.9 Å². The molecule has 3 aromatic rings. The predicted molar refractivity (Wildman–Crippen MR) is 137 cm³/mol. The summed E-state index contributed by atoms with van der Waals surface area (Å²) in [6.45, 7) is 1.19. The van der Waals surface area contributed by atoms with E-state index in [1.54, 1.807) is 6.20 Å². The van der Waals surface area contributed by atoms with Crippen LogP contribution < -0.4 is 0 Å². The van der Waals surface area contributed by atoms with Gasteiger partial charge in [0.25, 0.3) is 0 Å². The number of aromatic nitrogens is 1. The van der Waals surface area contributed by atoms with Gasteiger partial charge in [-0.1, -0.05) is 48.5 Å². The van der Waals surface area contributed by atoms with E-state index in [-0.39, 0.29) is 36.4 Å². The first-order valence-corrected chi connectivity index (χ1v) is 12.1. The number of para-hydroxylation sites is 1. The van der Waals surface area contributed by atoms with E-state index in [0.29, 0.717) is 30.8 Å². The monoisotopic (exact) mass is 488 g/mol. The fraction of sp³-hybridized carbons (Fsp3) is 0.345. The van der Waals surface area contributed by atoms with Gasteiger partial charge in [0.1, 0.15) is 0 Å². The summed E-state index contributed by atoms with van der Waals surface area (Å²) in [7, 11) is 4.59. The number of fused-ring (bicyclic) bond motifs is 1. The molecule has 0 saturated heterocycles. The van der Waals surface area contributed by atoms with Crippen molar-refractivity contribution in [2.24, 2.45) is 11.8 Å². The molecule has 1 aromatic heterocycles. The summed E-state index contributed by atoms with van der Waals surface area (Å²) in [6.07, 6.45) is 2.64. The van der Waals surface area contributed by atoms with E-state index in [9.17, 15) is 14.4 Å². The molecule has 0 radical (unpaired) electrons. The van der Waals surface area contributed by atoms with E-state index in [2.05, 4.69) is 0 Å². The highest BCUT2D eigenvalue weighted by Crippen LogP contribution is 2.35. The zero-order valence-corrected chi connectivity index (χ0v) is 21.0. The van der Waals surface area contributed by atoms with Crippen LogP contribution in [0.15, 0.2) is 72.4 Å². The van der Waals surface area contributed by atoms with Crippen LogP contribution in [-0.4, -0.2) is 55.0 Å². The molecule has 2 atom stereocenters. The van der Waals surface area contributed by atoms with Gasteiger partial charge in [-0.05, 0) is 30.0 Å². The summed E-state index contributed by atoms with van der Waals surface area (Å²) in [5.74, 6) is -1.25. The number of Topliss-reactive ketones (excluding diaryl/α,β-unsaturated/α-hetero) is 1. The minimum atomic E-state index is -0.452. The lowest BCUT2D eigenvalue weighted by Crippen LogP contribution is -2.38. The fourth-order valence-corrected chi connectivity index (χ4v) is 5.12.